The lowest BCUT2D eigenvalue weighted by molar-refractivity contribution is 0.0995. The van der Waals surface area contributed by atoms with Gasteiger partial charge in [-0.25, -0.2) is 0 Å². The van der Waals surface area contributed by atoms with Crippen LogP contribution < -0.4 is 16.4 Å². The first-order valence-electron chi connectivity index (χ1n) is 7.51. The van der Waals surface area contributed by atoms with Crippen molar-refractivity contribution in [1.82, 2.24) is 9.78 Å². The predicted octanol–water partition coefficient (Wildman–Crippen LogP) is 2.96. The van der Waals surface area contributed by atoms with Crippen molar-refractivity contribution in [3.63, 3.8) is 0 Å². The Hall–Kier alpha value is -2.93. The minimum absolute atomic E-state index is 0.166. The van der Waals surface area contributed by atoms with Crippen LogP contribution in [0.4, 0.5) is 11.4 Å². The summed E-state index contributed by atoms with van der Waals surface area (Å²) in [5, 5.41) is 12.8. The zero-order valence-electron chi connectivity index (χ0n) is 13.1. The Morgan fingerprint density at radius 3 is 2.62 bits per heavy atom. The van der Waals surface area contributed by atoms with E-state index in [0.717, 1.165) is 16.5 Å². The Morgan fingerprint density at radius 2 is 1.88 bits per heavy atom. The van der Waals surface area contributed by atoms with Gasteiger partial charge < -0.3 is 16.4 Å². The van der Waals surface area contributed by atoms with Gasteiger partial charge in [-0.15, -0.1) is 0 Å². The summed E-state index contributed by atoms with van der Waals surface area (Å²) in [5.74, 6) is -0.599. The molecule has 0 atom stereocenters. The number of hydrogen-bond acceptors (Lipinski definition) is 3. The fraction of sp³-hybridized carbons (Fsp3) is 0.118. The largest absolute Gasteiger partial charge is 0.364 e. The lowest BCUT2D eigenvalue weighted by Crippen LogP contribution is -2.22. The molecule has 0 aliphatic heterocycles. The van der Waals surface area contributed by atoms with E-state index in [1.807, 2.05) is 49.4 Å². The van der Waals surface area contributed by atoms with Crippen LogP contribution in [0.15, 0.2) is 48.7 Å². The fourth-order valence-electron chi connectivity index (χ4n) is 2.47. The number of aryl methyl sites for hydroxylation is 1. The molecule has 0 aliphatic carbocycles. The molecule has 0 saturated carbocycles. The van der Waals surface area contributed by atoms with Crippen molar-refractivity contribution >= 4 is 45.4 Å². The van der Waals surface area contributed by atoms with Gasteiger partial charge in [0.25, 0.3) is 5.91 Å². The summed E-state index contributed by atoms with van der Waals surface area (Å²) in [4.78, 5) is 11.5. The molecule has 6 nitrogen and oxygen atoms in total. The maximum atomic E-state index is 11.5. The highest BCUT2D eigenvalue weighted by atomic mass is 32.1. The molecule has 1 aromatic heterocycles. The fourth-order valence-corrected chi connectivity index (χ4v) is 2.69. The molecule has 1 heterocycles. The van der Waals surface area contributed by atoms with Crippen molar-refractivity contribution in [2.75, 3.05) is 10.6 Å². The first-order valence-corrected chi connectivity index (χ1v) is 7.92. The van der Waals surface area contributed by atoms with Gasteiger partial charge in [0.2, 0.25) is 0 Å². The highest BCUT2D eigenvalue weighted by Gasteiger charge is 2.15. The maximum absolute atomic E-state index is 11.5. The highest BCUT2D eigenvalue weighted by molar-refractivity contribution is 7.80. The van der Waals surface area contributed by atoms with Gasteiger partial charge in [-0.2, -0.15) is 5.10 Å². The first-order chi connectivity index (χ1) is 11.6. The minimum atomic E-state index is -0.599. The lowest BCUT2D eigenvalue weighted by Gasteiger charge is -2.12. The molecule has 0 saturated heterocycles. The van der Waals surface area contributed by atoms with E-state index in [0.29, 0.717) is 17.3 Å². The Morgan fingerprint density at radius 1 is 1.17 bits per heavy atom. The number of hydrogen-bond donors (Lipinski definition) is 3. The van der Waals surface area contributed by atoms with Gasteiger partial charge >= 0.3 is 0 Å². The van der Waals surface area contributed by atoms with Gasteiger partial charge in [0.05, 0.1) is 5.69 Å². The van der Waals surface area contributed by atoms with Gasteiger partial charge in [-0.1, -0.05) is 36.4 Å². The molecule has 24 heavy (non-hydrogen) atoms. The zero-order chi connectivity index (χ0) is 17.1. The van der Waals surface area contributed by atoms with Crippen molar-refractivity contribution in [1.29, 1.82) is 0 Å². The molecule has 0 aliphatic rings. The van der Waals surface area contributed by atoms with Gasteiger partial charge in [-0.3, -0.25) is 9.48 Å². The molecule has 3 aromatic rings. The number of carbonyl (C=O) groups is 1. The van der Waals surface area contributed by atoms with Gasteiger partial charge in [-0.05, 0) is 30.6 Å². The number of nitrogens with zero attached hydrogens (tertiary/aromatic N) is 2. The SMILES string of the molecule is CCn1cc(NC(=S)Nc2cccc3ccccc23)c(C(N)=O)n1. The second kappa shape index (κ2) is 6.67. The van der Waals surface area contributed by atoms with Crippen molar-refractivity contribution in [3.05, 3.63) is 54.4 Å². The van der Waals surface area contributed by atoms with Gasteiger partial charge in [0.1, 0.15) is 0 Å². The summed E-state index contributed by atoms with van der Waals surface area (Å²) >= 11 is 5.36. The topological polar surface area (TPSA) is 85.0 Å². The molecule has 0 spiro atoms. The van der Waals surface area contributed by atoms with Crippen LogP contribution >= 0.6 is 12.2 Å². The summed E-state index contributed by atoms with van der Waals surface area (Å²) in [6, 6.07) is 13.9. The lowest BCUT2D eigenvalue weighted by atomic mass is 10.1. The summed E-state index contributed by atoms with van der Waals surface area (Å²) < 4.78 is 1.63. The van der Waals surface area contributed by atoms with E-state index < -0.39 is 5.91 Å². The van der Waals surface area contributed by atoms with Crippen LogP contribution in [0, 0.1) is 0 Å². The average molecular weight is 339 g/mol. The van der Waals surface area contributed by atoms with Crippen molar-refractivity contribution < 1.29 is 4.79 Å². The van der Waals surface area contributed by atoms with E-state index in [9.17, 15) is 4.79 Å². The minimum Gasteiger partial charge on any atom is -0.364 e. The second-order valence-corrected chi connectivity index (χ2v) is 5.63. The molecule has 7 heteroatoms. The number of benzene rings is 2. The number of aromatic nitrogens is 2. The molecule has 2 aromatic carbocycles. The molecule has 0 bridgehead atoms. The number of primary amides is 1. The highest BCUT2D eigenvalue weighted by Crippen LogP contribution is 2.23. The molecule has 122 valence electrons. The molecule has 0 unspecified atom stereocenters. The number of nitrogens with two attached hydrogens (primary N) is 1. The van der Waals surface area contributed by atoms with Crippen LogP contribution in [-0.2, 0) is 6.54 Å². The quantitative estimate of drug-likeness (QED) is 0.636. The van der Waals surface area contributed by atoms with Crippen molar-refractivity contribution in [2.24, 2.45) is 5.73 Å². The van der Waals surface area contributed by atoms with Crippen LogP contribution in [0.25, 0.3) is 10.8 Å². The summed E-state index contributed by atoms with van der Waals surface area (Å²) in [6.07, 6.45) is 1.71. The standard InChI is InChI=1S/C17H17N5OS/c1-2-22-10-14(15(21-22)16(18)23)20-17(24)19-13-9-5-7-11-6-3-4-8-12(11)13/h3-10H,2H2,1H3,(H2,18,23)(H2,19,20,24). The van der Waals surface area contributed by atoms with E-state index in [-0.39, 0.29) is 5.69 Å². The number of nitrogens with one attached hydrogen (secondary N) is 2. The van der Waals surface area contributed by atoms with Crippen LogP contribution in [0.3, 0.4) is 0 Å². The van der Waals surface area contributed by atoms with Gasteiger partial charge in [0, 0.05) is 23.8 Å². The third-order valence-electron chi connectivity index (χ3n) is 3.61. The van der Waals surface area contributed by atoms with E-state index in [1.165, 1.54) is 0 Å². The van der Waals surface area contributed by atoms with E-state index >= 15 is 0 Å². The van der Waals surface area contributed by atoms with Crippen LogP contribution in [0.1, 0.15) is 17.4 Å². The number of amides is 1. The first kappa shape index (κ1) is 15.9. The van der Waals surface area contributed by atoms with Crippen molar-refractivity contribution in [3.8, 4) is 0 Å². The maximum Gasteiger partial charge on any atom is 0.271 e. The van der Waals surface area contributed by atoms with Crippen LogP contribution in [-0.4, -0.2) is 20.8 Å². The molecule has 1 amide bonds. The second-order valence-electron chi connectivity index (χ2n) is 5.22. The Kier molecular flexibility index (Phi) is 4.43. The number of rotatable bonds is 4. The molecule has 4 N–H and O–H groups in total. The zero-order valence-corrected chi connectivity index (χ0v) is 13.9. The van der Waals surface area contributed by atoms with Crippen LogP contribution in [0.5, 0.6) is 0 Å². The average Bonchev–Trinajstić information content (AvgIpc) is 2.98. The summed E-state index contributed by atoms with van der Waals surface area (Å²) in [5.41, 5.74) is 6.90. The van der Waals surface area contributed by atoms with Gasteiger partial charge in [0.15, 0.2) is 10.8 Å². The van der Waals surface area contributed by atoms with E-state index in [4.69, 9.17) is 18.0 Å². The third-order valence-corrected chi connectivity index (χ3v) is 3.81. The number of carbonyl (C=O) groups excluding carboxylic acids is 1. The van der Waals surface area contributed by atoms with Crippen molar-refractivity contribution in [2.45, 2.75) is 13.5 Å². The molecular formula is C17H17N5OS. The number of fused-ring (bicyclic) bond motifs is 1. The normalized spacial score (nSPS) is 10.5. The summed E-state index contributed by atoms with van der Waals surface area (Å²) in [6.45, 7) is 2.56. The van der Waals surface area contributed by atoms with E-state index in [2.05, 4.69) is 15.7 Å². The Bertz CT molecular complexity index is 913. The third kappa shape index (κ3) is 3.21. The molecule has 3 rings (SSSR count). The smallest absolute Gasteiger partial charge is 0.271 e. The molecule has 0 radical (unpaired) electrons. The Labute approximate surface area is 144 Å². The van der Waals surface area contributed by atoms with E-state index in [1.54, 1.807) is 10.9 Å². The number of anilines is 2. The van der Waals surface area contributed by atoms with Crippen LogP contribution in [0.2, 0.25) is 0 Å². The Balaban J connectivity index is 1.83. The number of thiocarbonyl (C=S) groups is 1. The summed E-state index contributed by atoms with van der Waals surface area (Å²) in [7, 11) is 0. The molecular weight excluding hydrogens is 322 g/mol. The molecule has 0 fully saturated rings. The monoisotopic (exact) mass is 339 g/mol. The predicted molar refractivity (Wildman–Crippen MR) is 100 cm³/mol.